The number of amides is 1. The summed E-state index contributed by atoms with van der Waals surface area (Å²) in [4.78, 5) is 15.0. The number of halogens is 2. The van der Waals surface area contributed by atoms with Crippen molar-refractivity contribution in [2.75, 3.05) is 38.2 Å². The summed E-state index contributed by atoms with van der Waals surface area (Å²) >= 11 is 17.5. The van der Waals surface area contributed by atoms with Crippen LogP contribution in [0.4, 0.5) is 5.69 Å². The van der Waals surface area contributed by atoms with Crippen LogP contribution in [-0.4, -0.2) is 48.7 Å². The van der Waals surface area contributed by atoms with Crippen molar-refractivity contribution in [2.45, 2.75) is 0 Å². The van der Waals surface area contributed by atoms with Crippen molar-refractivity contribution >= 4 is 52.0 Å². The van der Waals surface area contributed by atoms with Crippen molar-refractivity contribution < 1.29 is 14.3 Å². The quantitative estimate of drug-likeness (QED) is 0.734. The number of nitrogens with zero attached hydrogens (tertiary/aromatic N) is 1. The summed E-state index contributed by atoms with van der Waals surface area (Å²) in [5.41, 5.74) is 1.39. The van der Waals surface area contributed by atoms with Crippen LogP contribution in [0.3, 0.4) is 0 Å². The lowest BCUT2D eigenvalue weighted by atomic mass is 10.2. The van der Waals surface area contributed by atoms with Crippen LogP contribution in [0.15, 0.2) is 42.5 Å². The van der Waals surface area contributed by atoms with Gasteiger partial charge in [0.2, 0.25) is 0 Å². The number of rotatable bonds is 5. The molecule has 1 saturated heterocycles. The number of carbonyl (C=O) groups is 1. The lowest BCUT2D eigenvalue weighted by Crippen LogP contribution is -2.40. The van der Waals surface area contributed by atoms with Gasteiger partial charge in [-0.15, -0.1) is 0 Å². The first kappa shape index (κ1) is 19.9. The Morgan fingerprint density at radius 1 is 1.15 bits per heavy atom. The Balaban J connectivity index is 1.53. The van der Waals surface area contributed by atoms with E-state index in [2.05, 4.69) is 10.2 Å². The normalized spacial score (nSPS) is 13.9. The Morgan fingerprint density at radius 2 is 1.85 bits per heavy atom. The number of anilines is 1. The minimum Gasteiger partial charge on any atom is -0.484 e. The number of hydrogen-bond acceptors (Lipinski definition) is 4. The molecule has 8 heteroatoms. The summed E-state index contributed by atoms with van der Waals surface area (Å²) in [6.07, 6.45) is 0. The lowest BCUT2D eigenvalue weighted by Gasteiger charge is -2.29. The van der Waals surface area contributed by atoms with Crippen LogP contribution >= 0.6 is 35.4 Å². The highest BCUT2D eigenvalue weighted by Crippen LogP contribution is 2.29. The second kappa shape index (κ2) is 9.37. The zero-order valence-electron chi connectivity index (χ0n) is 14.4. The molecule has 1 amide bonds. The highest BCUT2D eigenvalue weighted by Gasteiger charge is 2.15. The molecule has 1 aliphatic rings. The summed E-state index contributed by atoms with van der Waals surface area (Å²) in [5.74, 6) is 0.253. The molecule has 1 N–H and O–H groups in total. The van der Waals surface area contributed by atoms with Crippen LogP contribution in [-0.2, 0) is 9.53 Å². The summed E-state index contributed by atoms with van der Waals surface area (Å²) in [6.45, 7) is 2.82. The topological polar surface area (TPSA) is 50.8 Å². The summed E-state index contributed by atoms with van der Waals surface area (Å²) in [5, 5.41) is 3.35. The van der Waals surface area contributed by atoms with Gasteiger partial charge in [-0.25, -0.2) is 0 Å². The monoisotopic (exact) mass is 424 g/mol. The van der Waals surface area contributed by atoms with Gasteiger partial charge in [0.15, 0.2) is 6.61 Å². The molecule has 0 atom stereocenters. The van der Waals surface area contributed by atoms with E-state index < -0.39 is 0 Å². The maximum atomic E-state index is 12.1. The van der Waals surface area contributed by atoms with Crippen molar-refractivity contribution in [1.82, 2.24) is 4.90 Å². The third-order valence-corrected chi connectivity index (χ3v) is 5.31. The van der Waals surface area contributed by atoms with Crippen LogP contribution in [0.5, 0.6) is 5.75 Å². The van der Waals surface area contributed by atoms with Gasteiger partial charge < -0.3 is 19.7 Å². The van der Waals surface area contributed by atoms with E-state index in [1.54, 1.807) is 30.3 Å². The highest BCUT2D eigenvalue weighted by atomic mass is 35.5. The van der Waals surface area contributed by atoms with E-state index in [1.165, 1.54) is 0 Å². The lowest BCUT2D eigenvalue weighted by molar-refractivity contribution is -0.118. The summed E-state index contributed by atoms with van der Waals surface area (Å²) < 4.78 is 10.9. The first-order valence-corrected chi connectivity index (χ1v) is 9.55. The second-order valence-corrected chi connectivity index (χ2v) is 7.04. The fourth-order valence-corrected chi connectivity index (χ4v) is 3.24. The second-order valence-electron chi connectivity index (χ2n) is 5.87. The van der Waals surface area contributed by atoms with E-state index in [9.17, 15) is 4.79 Å². The van der Waals surface area contributed by atoms with Gasteiger partial charge in [-0.3, -0.25) is 4.79 Å². The van der Waals surface area contributed by atoms with Crippen LogP contribution in [0.25, 0.3) is 0 Å². The molecule has 1 fully saturated rings. The third-order valence-electron chi connectivity index (χ3n) is 4.00. The average Bonchev–Trinajstić information content (AvgIpc) is 2.70. The molecule has 3 rings (SSSR count). The van der Waals surface area contributed by atoms with Gasteiger partial charge in [0.1, 0.15) is 10.7 Å². The van der Waals surface area contributed by atoms with Crippen molar-refractivity contribution in [1.29, 1.82) is 0 Å². The molecule has 2 aromatic rings. The summed E-state index contributed by atoms with van der Waals surface area (Å²) in [7, 11) is 0. The smallest absolute Gasteiger partial charge is 0.262 e. The molecular formula is C19H18Cl2N2O3S. The molecule has 0 aliphatic carbocycles. The zero-order valence-corrected chi connectivity index (χ0v) is 16.7. The molecule has 0 spiro atoms. The number of nitrogens with one attached hydrogen (secondary N) is 1. The van der Waals surface area contributed by atoms with Crippen LogP contribution < -0.4 is 10.1 Å². The Labute approximate surface area is 173 Å². The summed E-state index contributed by atoms with van der Waals surface area (Å²) in [6, 6.07) is 12.4. The predicted octanol–water partition coefficient (Wildman–Crippen LogP) is 4.02. The zero-order chi connectivity index (χ0) is 19.2. The average molecular weight is 425 g/mol. The van der Waals surface area contributed by atoms with E-state index in [-0.39, 0.29) is 12.5 Å². The minimum atomic E-state index is -0.327. The first-order chi connectivity index (χ1) is 13.0. The van der Waals surface area contributed by atoms with Gasteiger partial charge in [-0.2, -0.15) is 0 Å². The van der Waals surface area contributed by atoms with Crippen molar-refractivity contribution in [3.05, 3.63) is 58.1 Å². The van der Waals surface area contributed by atoms with Crippen molar-refractivity contribution in [3.8, 4) is 5.75 Å². The van der Waals surface area contributed by atoms with Gasteiger partial charge in [0.05, 0.1) is 28.9 Å². The SMILES string of the molecule is O=C(COc1ccc(C(=S)N2CCOCC2)cc1)Nc1cccc(Cl)c1Cl. The Hall–Kier alpha value is -1.86. The maximum Gasteiger partial charge on any atom is 0.262 e. The largest absolute Gasteiger partial charge is 0.484 e. The minimum absolute atomic E-state index is 0.143. The fraction of sp³-hybridized carbons (Fsp3) is 0.263. The van der Waals surface area contributed by atoms with Gasteiger partial charge in [-0.1, -0.05) is 41.5 Å². The molecule has 142 valence electrons. The molecule has 27 heavy (non-hydrogen) atoms. The van der Waals surface area contributed by atoms with E-state index in [1.807, 2.05) is 12.1 Å². The van der Waals surface area contributed by atoms with Crippen LogP contribution in [0.1, 0.15) is 5.56 Å². The third kappa shape index (κ3) is 5.32. The number of thiocarbonyl (C=S) groups is 1. The van der Waals surface area contributed by atoms with Crippen molar-refractivity contribution in [2.24, 2.45) is 0 Å². The molecule has 0 aromatic heterocycles. The van der Waals surface area contributed by atoms with E-state index in [0.29, 0.717) is 34.7 Å². The molecule has 5 nitrogen and oxygen atoms in total. The standard InChI is InChI=1S/C19H18Cl2N2O3S/c20-15-2-1-3-16(18(15)21)22-17(24)12-26-14-6-4-13(5-7-14)19(27)23-8-10-25-11-9-23/h1-7H,8-12H2,(H,22,24). The van der Waals surface area contributed by atoms with Gasteiger partial charge in [0, 0.05) is 18.7 Å². The van der Waals surface area contributed by atoms with Crippen LogP contribution in [0.2, 0.25) is 10.0 Å². The van der Waals surface area contributed by atoms with Crippen LogP contribution in [0, 0.1) is 0 Å². The fourth-order valence-electron chi connectivity index (χ4n) is 2.58. The molecule has 2 aromatic carbocycles. The Bertz CT molecular complexity index is 824. The predicted molar refractivity (Wildman–Crippen MR) is 111 cm³/mol. The number of hydrogen-bond donors (Lipinski definition) is 1. The Kier molecular flexibility index (Phi) is 6.90. The number of carbonyl (C=O) groups excluding carboxylic acids is 1. The van der Waals surface area contributed by atoms with Crippen molar-refractivity contribution in [3.63, 3.8) is 0 Å². The molecule has 1 heterocycles. The molecule has 1 aliphatic heterocycles. The maximum absolute atomic E-state index is 12.1. The van der Waals surface area contributed by atoms with Gasteiger partial charge >= 0.3 is 0 Å². The van der Waals surface area contributed by atoms with Gasteiger partial charge in [-0.05, 0) is 36.4 Å². The molecular weight excluding hydrogens is 407 g/mol. The first-order valence-electron chi connectivity index (χ1n) is 8.38. The molecule has 0 radical (unpaired) electrons. The van der Waals surface area contributed by atoms with E-state index >= 15 is 0 Å². The van der Waals surface area contributed by atoms with E-state index in [4.69, 9.17) is 44.9 Å². The number of ether oxygens (including phenoxy) is 2. The number of morpholine rings is 1. The molecule has 0 saturated carbocycles. The molecule has 0 unspecified atom stereocenters. The number of benzene rings is 2. The molecule has 0 bridgehead atoms. The van der Waals surface area contributed by atoms with E-state index in [0.717, 1.165) is 23.6 Å². The van der Waals surface area contributed by atoms with Gasteiger partial charge in [0.25, 0.3) is 5.91 Å². The highest BCUT2D eigenvalue weighted by molar-refractivity contribution is 7.80. The Morgan fingerprint density at radius 3 is 2.56 bits per heavy atom.